The highest BCUT2D eigenvalue weighted by Gasteiger charge is 2.35. The summed E-state index contributed by atoms with van der Waals surface area (Å²) in [6.45, 7) is 56.0. The van der Waals surface area contributed by atoms with Gasteiger partial charge in [0.15, 0.2) is 0 Å². The first-order chi connectivity index (χ1) is 17.7. The molecule has 4 nitrogen and oxygen atoms in total. The maximum absolute atomic E-state index is 2.66. The second-order valence-electron chi connectivity index (χ2n) is 18.1. The Kier molecular flexibility index (Phi) is 21.3. The minimum atomic E-state index is 0. The van der Waals surface area contributed by atoms with Crippen LogP contribution in [0.1, 0.15) is 146 Å². The predicted octanol–water partition coefficient (Wildman–Crippen LogP) is 9.63. The van der Waals surface area contributed by atoms with Gasteiger partial charge in [0.2, 0.25) is 0 Å². The van der Waals surface area contributed by atoms with Crippen molar-refractivity contribution >= 4 is 0 Å². The molecule has 41 heavy (non-hydrogen) atoms. The van der Waals surface area contributed by atoms with Crippen LogP contribution < -0.4 is 0 Å². The molecule has 0 aromatic heterocycles. The molecule has 0 saturated carbocycles. The largest absolute Gasteiger partial charge is 0.302 e. The Balaban J connectivity index is -0.000000688. The molecule has 0 atom stereocenters. The van der Waals surface area contributed by atoms with E-state index in [1.54, 1.807) is 0 Å². The van der Waals surface area contributed by atoms with E-state index in [-0.39, 0.29) is 29.6 Å². The van der Waals surface area contributed by atoms with Crippen LogP contribution in [0, 0.1) is 23.7 Å². The van der Waals surface area contributed by atoms with Crippen molar-refractivity contribution in [1.29, 1.82) is 0 Å². The van der Waals surface area contributed by atoms with Gasteiger partial charge in [0.05, 0.1) is 0 Å². The molecule has 0 aliphatic rings. The minimum absolute atomic E-state index is 0. The first-order valence-corrected chi connectivity index (χ1v) is 16.7. The van der Waals surface area contributed by atoms with Crippen LogP contribution in [0.2, 0.25) is 0 Å². The first kappa shape index (κ1) is 45.3. The van der Waals surface area contributed by atoms with E-state index in [1.807, 2.05) is 0 Å². The van der Waals surface area contributed by atoms with Crippen molar-refractivity contribution in [2.75, 3.05) is 52.4 Å². The van der Waals surface area contributed by atoms with Gasteiger partial charge in [-0.25, -0.2) is 0 Å². The van der Waals surface area contributed by atoms with Gasteiger partial charge in [0, 0.05) is 74.5 Å². The number of nitrogens with zero attached hydrogens (tertiary/aromatic N) is 4. The van der Waals surface area contributed by atoms with Gasteiger partial charge in [-0.2, -0.15) is 0 Å². The average molecular weight is 585 g/mol. The molecule has 0 heterocycles. The lowest BCUT2D eigenvalue weighted by Gasteiger charge is -2.50. The third kappa shape index (κ3) is 23.0. The van der Waals surface area contributed by atoms with Crippen LogP contribution in [0.5, 0.6) is 0 Å². The molecule has 0 aliphatic heterocycles. The molecular weight excluding hydrogens is 500 g/mol. The summed E-state index contributed by atoms with van der Waals surface area (Å²) in [5.41, 5.74) is 0.777. The van der Waals surface area contributed by atoms with Crippen LogP contribution in [-0.4, -0.2) is 94.1 Å². The van der Waals surface area contributed by atoms with Crippen LogP contribution in [0.25, 0.3) is 0 Å². The minimum Gasteiger partial charge on any atom is -0.302 e. The molecule has 0 spiro atoms. The zero-order valence-electron chi connectivity index (χ0n) is 31.8. The lowest BCUT2D eigenvalue weighted by atomic mass is 9.93. The zero-order valence-corrected chi connectivity index (χ0v) is 31.8. The van der Waals surface area contributed by atoms with Crippen molar-refractivity contribution in [3.63, 3.8) is 0 Å². The molecule has 0 aromatic carbocycles. The van der Waals surface area contributed by atoms with Crippen LogP contribution >= 0.6 is 0 Å². The molecule has 0 fully saturated rings. The van der Waals surface area contributed by atoms with Crippen molar-refractivity contribution < 1.29 is 0 Å². The van der Waals surface area contributed by atoms with Crippen molar-refractivity contribution in [3.8, 4) is 0 Å². The SMILES string of the molecule is C.CC(C)(C)N(CCN(C(C)(C)C)C(C)(C)C)C(C)(C)C.CC(C)CN(CCN(CC(C)C)CC(C)C)CC(C)C. The van der Waals surface area contributed by atoms with Crippen molar-refractivity contribution in [2.45, 2.75) is 168 Å². The highest BCUT2D eigenvalue weighted by Crippen LogP contribution is 2.28. The fraction of sp³-hybridized carbons (Fsp3) is 1.00. The molecule has 0 bridgehead atoms. The summed E-state index contributed by atoms with van der Waals surface area (Å²) >= 11 is 0. The summed E-state index contributed by atoms with van der Waals surface area (Å²) in [7, 11) is 0. The van der Waals surface area contributed by atoms with Crippen LogP contribution in [0.4, 0.5) is 0 Å². The molecule has 0 rings (SSSR count). The lowest BCUT2D eigenvalue weighted by Crippen LogP contribution is -2.59. The molecule has 252 valence electrons. The van der Waals surface area contributed by atoms with Gasteiger partial charge in [0.25, 0.3) is 0 Å². The topological polar surface area (TPSA) is 13.0 Å². The molecule has 0 radical (unpaired) electrons. The van der Waals surface area contributed by atoms with E-state index in [2.05, 4.69) is 158 Å². The maximum Gasteiger partial charge on any atom is 0.0130 e. The Morgan fingerprint density at radius 2 is 0.512 bits per heavy atom. The second kappa shape index (κ2) is 19.3. The Morgan fingerprint density at radius 1 is 0.341 bits per heavy atom. The maximum atomic E-state index is 2.66. The van der Waals surface area contributed by atoms with E-state index >= 15 is 0 Å². The fourth-order valence-corrected chi connectivity index (χ4v) is 6.42. The summed E-state index contributed by atoms with van der Waals surface area (Å²) in [6.07, 6.45) is 0. The summed E-state index contributed by atoms with van der Waals surface area (Å²) < 4.78 is 0. The standard InChI is InChI=1S/2C18H40N2.CH4/c1-15(2,3)19(16(4,5)6)13-14-20(17(7,8)9)18(10,11)12;1-15(2)11-19(12-16(3)4)9-10-20(13-17(5)6)14-18(7)8;/h13-14H2,1-12H3;15-18H,9-14H2,1-8H3;1H4. The first-order valence-electron chi connectivity index (χ1n) is 16.7. The molecule has 0 amide bonds. The lowest BCUT2D eigenvalue weighted by molar-refractivity contribution is -0.0129. The van der Waals surface area contributed by atoms with Crippen molar-refractivity contribution in [3.05, 3.63) is 0 Å². The number of rotatable bonds is 14. The van der Waals surface area contributed by atoms with Crippen molar-refractivity contribution in [2.24, 2.45) is 23.7 Å². The van der Waals surface area contributed by atoms with Crippen LogP contribution in [0.3, 0.4) is 0 Å². The van der Waals surface area contributed by atoms with Gasteiger partial charge < -0.3 is 9.80 Å². The third-order valence-electron chi connectivity index (χ3n) is 7.01. The van der Waals surface area contributed by atoms with Gasteiger partial charge in [-0.1, -0.05) is 62.8 Å². The number of hydrogen-bond acceptors (Lipinski definition) is 4. The van der Waals surface area contributed by atoms with E-state index in [0.717, 1.165) is 36.8 Å². The summed E-state index contributed by atoms with van der Waals surface area (Å²) in [4.78, 5) is 10.5. The molecule has 0 aromatic rings. The highest BCUT2D eigenvalue weighted by molar-refractivity contribution is 4.91. The third-order valence-corrected chi connectivity index (χ3v) is 7.01. The van der Waals surface area contributed by atoms with E-state index in [9.17, 15) is 0 Å². The van der Waals surface area contributed by atoms with Crippen LogP contribution in [0.15, 0.2) is 0 Å². The fourth-order valence-electron chi connectivity index (χ4n) is 6.42. The smallest absolute Gasteiger partial charge is 0.0130 e. The molecule has 4 heteroatoms. The highest BCUT2D eigenvalue weighted by atomic mass is 15.3. The zero-order chi connectivity index (χ0) is 32.3. The van der Waals surface area contributed by atoms with Gasteiger partial charge in [0.1, 0.15) is 0 Å². The Morgan fingerprint density at radius 3 is 0.634 bits per heavy atom. The molecular formula is C37H84N4. The Hall–Kier alpha value is -0.160. The second-order valence-corrected chi connectivity index (χ2v) is 18.1. The monoisotopic (exact) mass is 585 g/mol. The van der Waals surface area contributed by atoms with E-state index in [0.29, 0.717) is 0 Å². The molecule has 0 aliphatic carbocycles. The van der Waals surface area contributed by atoms with Crippen molar-refractivity contribution in [1.82, 2.24) is 19.6 Å². The normalized spacial score (nSPS) is 13.8. The predicted molar refractivity (Wildman–Crippen MR) is 191 cm³/mol. The van der Waals surface area contributed by atoms with Gasteiger partial charge in [-0.05, 0) is 107 Å². The average Bonchev–Trinajstić information content (AvgIpc) is 2.64. The van der Waals surface area contributed by atoms with E-state index < -0.39 is 0 Å². The van der Waals surface area contributed by atoms with E-state index in [1.165, 1.54) is 39.3 Å². The summed E-state index contributed by atoms with van der Waals surface area (Å²) in [6, 6.07) is 0. The molecule has 0 unspecified atom stereocenters. The van der Waals surface area contributed by atoms with Gasteiger partial charge in [-0.3, -0.25) is 9.80 Å². The summed E-state index contributed by atoms with van der Waals surface area (Å²) in [5, 5.41) is 0. The Bertz CT molecular complexity index is 519. The molecule has 0 N–H and O–H groups in total. The van der Waals surface area contributed by atoms with Crippen LogP contribution in [-0.2, 0) is 0 Å². The van der Waals surface area contributed by atoms with Gasteiger partial charge >= 0.3 is 0 Å². The van der Waals surface area contributed by atoms with E-state index in [4.69, 9.17) is 0 Å². The number of hydrogen-bond donors (Lipinski definition) is 0. The molecule has 0 saturated heterocycles. The van der Waals surface area contributed by atoms with Gasteiger partial charge in [-0.15, -0.1) is 0 Å². The summed E-state index contributed by atoms with van der Waals surface area (Å²) in [5.74, 6) is 3.05. The quantitative estimate of drug-likeness (QED) is 0.201. The Labute approximate surface area is 263 Å².